The fraction of sp³-hybridized carbons (Fsp3) is 0.238. The minimum atomic E-state index is -0.0729. The van der Waals surface area contributed by atoms with Crippen LogP contribution in [0.4, 0.5) is 0 Å². The van der Waals surface area contributed by atoms with Crippen LogP contribution in [0.5, 0.6) is 5.75 Å². The number of aryl methyl sites for hydroxylation is 1. The maximum absolute atomic E-state index is 12.7. The summed E-state index contributed by atoms with van der Waals surface area (Å²) in [5, 5.41) is 2.71. The molecule has 0 radical (unpaired) electrons. The lowest BCUT2D eigenvalue weighted by Crippen LogP contribution is -2.26. The lowest BCUT2D eigenvalue weighted by atomic mass is 10.2. The highest BCUT2D eigenvalue weighted by atomic mass is 32.1. The van der Waals surface area contributed by atoms with E-state index in [-0.39, 0.29) is 5.56 Å². The summed E-state index contributed by atoms with van der Waals surface area (Å²) in [5.41, 5.74) is 0.902. The molecule has 3 heterocycles. The minimum Gasteiger partial charge on any atom is -0.492 e. The zero-order valence-corrected chi connectivity index (χ0v) is 17.4. The van der Waals surface area contributed by atoms with E-state index in [0.717, 1.165) is 27.6 Å². The van der Waals surface area contributed by atoms with Crippen LogP contribution in [-0.4, -0.2) is 35.1 Å². The third-order valence-electron chi connectivity index (χ3n) is 4.40. The highest BCUT2D eigenvalue weighted by Crippen LogP contribution is 2.34. The Balaban J connectivity index is 1.45. The van der Waals surface area contributed by atoms with E-state index in [1.165, 1.54) is 16.2 Å². The third kappa shape index (κ3) is 4.16. The number of hydrogen-bond acceptors (Lipinski definition) is 6. The van der Waals surface area contributed by atoms with Crippen molar-refractivity contribution < 1.29 is 4.74 Å². The largest absolute Gasteiger partial charge is 0.492 e. The Bertz CT molecular complexity index is 1130. The number of para-hydroxylation sites is 1. The number of aromatic nitrogens is 2. The van der Waals surface area contributed by atoms with Gasteiger partial charge >= 0.3 is 0 Å². The van der Waals surface area contributed by atoms with Gasteiger partial charge in [0.25, 0.3) is 5.56 Å². The predicted octanol–water partition coefficient (Wildman–Crippen LogP) is 4.53. The fourth-order valence-electron chi connectivity index (χ4n) is 3.00. The molecule has 4 aromatic rings. The summed E-state index contributed by atoms with van der Waals surface area (Å²) >= 11 is 3.22. The number of nitrogens with zero attached hydrogens (tertiary/aromatic N) is 2. The molecule has 0 unspecified atom stereocenters. The zero-order chi connectivity index (χ0) is 19.5. The molecule has 7 heteroatoms. The van der Waals surface area contributed by atoms with Crippen molar-refractivity contribution in [1.29, 1.82) is 0 Å². The second-order valence-electron chi connectivity index (χ2n) is 6.65. The number of ether oxygens (including phenoxy) is 1. The monoisotopic (exact) mass is 411 g/mol. The van der Waals surface area contributed by atoms with E-state index in [0.29, 0.717) is 24.4 Å². The van der Waals surface area contributed by atoms with Gasteiger partial charge in [-0.1, -0.05) is 18.2 Å². The van der Waals surface area contributed by atoms with E-state index in [4.69, 9.17) is 4.74 Å². The van der Waals surface area contributed by atoms with Crippen molar-refractivity contribution in [1.82, 2.24) is 14.9 Å². The summed E-state index contributed by atoms with van der Waals surface area (Å²) in [6.45, 7) is 3.95. The van der Waals surface area contributed by atoms with E-state index in [2.05, 4.69) is 33.9 Å². The molecule has 0 aliphatic carbocycles. The summed E-state index contributed by atoms with van der Waals surface area (Å²) in [4.78, 5) is 25.6. The van der Waals surface area contributed by atoms with Crippen molar-refractivity contribution >= 4 is 32.9 Å². The Morgan fingerprint density at radius 3 is 2.75 bits per heavy atom. The van der Waals surface area contributed by atoms with Crippen molar-refractivity contribution in [3.8, 4) is 16.2 Å². The molecule has 0 spiro atoms. The van der Waals surface area contributed by atoms with Gasteiger partial charge < -0.3 is 9.72 Å². The number of hydrogen-bond donors (Lipinski definition) is 1. The number of nitrogens with one attached hydrogen (secondary N) is 1. The molecule has 5 nitrogen and oxygen atoms in total. The molecule has 0 saturated heterocycles. The van der Waals surface area contributed by atoms with Gasteiger partial charge in [-0.2, -0.15) is 0 Å². The molecule has 0 bridgehead atoms. The van der Waals surface area contributed by atoms with Gasteiger partial charge in [-0.25, -0.2) is 4.98 Å². The van der Waals surface area contributed by atoms with Gasteiger partial charge in [-0.05, 0) is 38.2 Å². The van der Waals surface area contributed by atoms with Crippen molar-refractivity contribution in [2.75, 3.05) is 20.2 Å². The van der Waals surface area contributed by atoms with Gasteiger partial charge in [-0.3, -0.25) is 9.69 Å². The van der Waals surface area contributed by atoms with E-state index >= 15 is 0 Å². The molecular formula is C21H21N3O2S2. The van der Waals surface area contributed by atoms with E-state index in [1.54, 1.807) is 11.3 Å². The molecule has 0 atom stereocenters. The number of H-pyrrole nitrogens is 1. The average Bonchev–Trinajstić information content (AvgIpc) is 3.29. The van der Waals surface area contributed by atoms with Crippen LogP contribution in [0.2, 0.25) is 0 Å². The van der Waals surface area contributed by atoms with Crippen LogP contribution in [0.15, 0.2) is 52.6 Å². The predicted molar refractivity (Wildman–Crippen MR) is 117 cm³/mol. The number of thiophene rings is 2. The van der Waals surface area contributed by atoms with Gasteiger partial charge in [0.05, 0.1) is 11.9 Å². The molecule has 1 aromatic carbocycles. The van der Waals surface area contributed by atoms with Gasteiger partial charge in [-0.15, -0.1) is 22.7 Å². The fourth-order valence-corrected chi connectivity index (χ4v) is 4.92. The van der Waals surface area contributed by atoms with Gasteiger partial charge in [0, 0.05) is 27.2 Å². The van der Waals surface area contributed by atoms with Crippen LogP contribution in [0.25, 0.3) is 20.7 Å². The molecule has 0 amide bonds. The normalized spacial score (nSPS) is 11.4. The molecule has 4 rings (SSSR count). The number of fused-ring (bicyclic) bond motifs is 1. The minimum absolute atomic E-state index is 0.0729. The van der Waals surface area contributed by atoms with E-state index < -0.39 is 0 Å². The highest BCUT2D eigenvalue weighted by Gasteiger charge is 2.14. The first-order valence-electron chi connectivity index (χ1n) is 9.04. The molecule has 28 heavy (non-hydrogen) atoms. The Labute approximate surface area is 171 Å². The van der Waals surface area contributed by atoms with Crippen molar-refractivity contribution in [2.24, 2.45) is 0 Å². The van der Waals surface area contributed by atoms with Gasteiger partial charge in [0.15, 0.2) is 0 Å². The number of benzene rings is 1. The number of rotatable bonds is 7. The van der Waals surface area contributed by atoms with Crippen molar-refractivity contribution in [3.63, 3.8) is 0 Å². The van der Waals surface area contributed by atoms with Crippen LogP contribution >= 0.6 is 22.7 Å². The lowest BCUT2D eigenvalue weighted by Gasteiger charge is -2.16. The maximum Gasteiger partial charge on any atom is 0.260 e. The first kappa shape index (κ1) is 18.9. The smallest absolute Gasteiger partial charge is 0.260 e. The summed E-state index contributed by atoms with van der Waals surface area (Å²) in [6, 6.07) is 13.9. The van der Waals surface area contributed by atoms with Crippen LogP contribution < -0.4 is 10.3 Å². The Morgan fingerprint density at radius 1 is 1.18 bits per heavy atom. The van der Waals surface area contributed by atoms with E-state index in [1.807, 2.05) is 42.8 Å². The van der Waals surface area contributed by atoms with Crippen LogP contribution in [0.3, 0.4) is 0 Å². The first-order chi connectivity index (χ1) is 13.6. The van der Waals surface area contributed by atoms with Crippen molar-refractivity contribution in [2.45, 2.75) is 13.5 Å². The zero-order valence-electron chi connectivity index (χ0n) is 15.8. The average molecular weight is 412 g/mol. The molecule has 144 valence electrons. The van der Waals surface area contributed by atoms with Crippen LogP contribution in [0.1, 0.15) is 10.7 Å². The van der Waals surface area contributed by atoms with Gasteiger partial charge in [0.1, 0.15) is 23.0 Å². The number of aromatic amines is 1. The summed E-state index contributed by atoms with van der Waals surface area (Å²) in [5.74, 6) is 1.54. The second kappa shape index (κ2) is 8.26. The SMILES string of the molecule is Cc1ccc(-c2csc3nc(CN(C)CCOc4ccccc4)[nH]c(=O)c23)s1. The Morgan fingerprint density at radius 2 is 2.00 bits per heavy atom. The molecule has 0 fully saturated rings. The Hall–Kier alpha value is -2.48. The third-order valence-corrected chi connectivity index (χ3v) is 6.31. The Kier molecular flexibility index (Phi) is 5.57. The molecule has 3 aromatic heterocycles. The van der Waals surface area contributed by atoms with Crippen molar-refractivity contribution in [3.05, 3.63) is 68.9 Å². The first-order valence-corrected chi connectivity index (χ1v) is 10.7. The number of likely N-dealkylation sites (N-methyl/N-ethyl adjacent to an activating group) is 1. The molecule has 0 aliphatic rings. The second-order valence-corrected chi connectivity index (χ2v) is 8.80. The lowest BCUT2D eigenvalue weighted by molar-refractivity contribution is 0.230. The molecule has 0 aliphatic heterocycles. The molecule has 0 saturated carbocycles. The van der Waals surface area contributed by atoms with Gasteiger partial charge in [0.2, 0.25) is 0 Å². The summed E-state index contributed by atoms with van der Waals surface area (Å²) in [7, 11) is 1.99. The summed E-state index contributed by atoms with van der Waals surface area (Å²) in [6.07, 6.45) is 0. The van der Waals surface area contributed by atoms with E-state index in [9.17, 15) is 4.79 Å². The van der Waals surface area contributed by atoms with Crippen LogP contribution in [0, 0.1) is 6.92 Å². The highest BCUT2D eigenvalue weighted by molar-refractivity contribution is 7.19. The molecule has 1 N–H and O–H groups in total. The molecular weight excluding hydrogens is 390 g/mol. The quantitative estimate of drug-likeness (QED) is 0.485. The topological polar surface area (TPSA) is 58.2 Å². The summed E-state index contributed by atoms with van der Waals surface area (Å²) < 4.78 is 5.73. The standard InChI is InChI=1S/C21H21N3O2S2/c1-14-8-9-17(28-14)16-13-27-21-19(16)20(25)22-18(23-21)12-24(2)10-11-26-15-6-4-3-5-7-15/h3-9,13H,10-12H2,1-2H3,(H,22,23,25). The maximum atomic E-state index is 12.7. The van der Waals surface area contributed by atoms with Crippen LogP contribution in [-0.2, 0) is 6.54 Å².